The van der Waals surface area contributed by atoms with E-state index in [1.54, 1.807) is 0 Å². The molecule has 0 atom stereocenters. The third kappa shape index (κ3) is 9.46. The van der Waals surface area contributed by atoms with Gasteiger partial charge in [0.25, 0.3) is 0 Å². The SMILES string of the molecule is Cc1cc(C(C)(C)C)c(C)cc1-c1ccc(-c2ccccc2)cc1.O=[P+](O)O.O=[P+](O)O. The highest BCUT2D eigenvalue weighted by atomic mass is 31.1. The molecule has 0 aliphatic heterocycles. The molecule has 0 spiro atoms. The number of hydrogen-bond donors (Lipinski definition) is 4. The van der Waals surface area contributed by atoms with Crippen LogP contribution in [0.3, 0.4) is 0 Å². The molecule has 170 valence electrons. The summed E-state index contributed by atoms with van der Waals surface area (Å²) in [6.45, 7) is 11.3. The fourth-order valence-electron chi connectivity index (χ4n) is 3.41. The molecule has 0 aliphatic carbocycles. The first-order chi connectivity index (χ1) is 14.8. The molecule has 0 aromatic heterocycles. The maximum absolute atomic E-state index is 8.70. The van der Waals surface area contributed by atoms with Crippen molar-refractivity contribution >= 4 is 16.5 Å². The van der Waals surface area contributed by atoms with Gasteiger partial charge in [0, 0.05) is 9.13 Å². The first-order valence-electron chi connectivity index (χ1n) is 9.80. The second kappa shape index (κ2) is 12.7. The summed E-state index contributed by atoms with van der Waals surface area (Å²) in [5.41, 5.74) is 9.48. The molecule has 6 nitrogen and oxygen atoms in total. The Morgan fingerprint density at radius 2 is 1.03 bits per heavy atom. The molecule has 0 fully saturated rings. The van der Waals surface area contributed by atoms with Crippen molar-refractivity contribution in [2.45, 2.75) is 40.0 Å². The first-order valence-corrected chi connectivity index (χ1v) is 12.1. The van der Waals surface area contributed by atoms with Gasteiger partial charge < -0.3 is 0 Å². The smallest absolute Gasteiger partial charge is 0.134 e. The largest absolute Gasteiger partial charge is 0.692 e. The zero-order valence-electron chi connectivity index (χ0n) is 18.9. The van der Waals surface area contributed by atoms with Gasteiger partial charge >= 0.3 is 16.5 Å². The minimum atomic E-state index is -2.87. The molecule has 0 saturated heterocycles. The molecular weight excluding hydrogens is 446 g/mol. The minimum Gasteiger partial charge on any atom is -0.134 e. The van der Waals surface area contributed by atoms with Crippen LogP contribution in [0.1, 0.15) is 37.5 Å². The lowest BCUT2D eigenvalue weighted by Gasteiger charge is -2.23. The van der Waals surface area contributed by atoms with Crippen LogP contribution in [0.5, 0.6) is 0 Å². The van der Waals surface area contributed by atoms with Crippen molar-refractivity contribution in [2.75, 3.05) is 0 Å². The van der Waals surface area contributed by atoms with E-state index in [9.17, 15) is 0 Å². The van der Waals surface area contributed by atoms with Crippen molar-refractivity contribution in [3.05, 3.63) is 83.4 Å². The van der Waals surface area contributed by atoms with Crippen LogP contribution >= 0.6 is 16.5 Å². The van der Waals surface area contributed by atoms with E-state index in [1.165, 1.54) is 38.9 Å². The summed E-state index contributed by atoms with van der Waals surface area (Å²) in [4.78, 5) is 28.5. The molecule has 0 heterocycles. The quantitative estimate of drug-likeness (QED) is 0.328. The fourth-order valence-corrected chi connectivity index (χ4v) is 3.41. The third-order valence-corrected chi connectivity index (χ3v) is 4.68. The highest BCUT2D eigenvalue weighted by molar-refractivity contribution is 7.31. The van der Waals surface area contributed by atoms with Gasteiger partial charge in [0.2, 0.25) is 0 Å². The van der Waals surface area contributed by atoms with Crippen molar-refractivity contribution in [1.82, 2.24) is 0 Å². The Morgan fingerprint density at radius 1 is 0.625 bits per heavy atom. The molecule has 0 aliphatic rings. The zero-order valence-corrected chi connectivity index (χ0v) is 20.6. The van der Waals surface area contributed by atoms with Crippen molar-refractivity contribution in [2.24, 2.45) is 0 Å². The number of benzene rings is 3. The van der Waals surface area contributed by atoms with Gasteiger partial charge in [0.15, 0.2) is 0 Å². The number of hydrogen-bond acceptors (Lipinski definition) is 2. The zero-order chi connectivity index (χ0) is 24.5. The van der Waals surface area contributed by atoms with Crippen molar-refractivity contribution in [3.8, 4) is 22.3 Å². The van der Waals surface area contributed by atoms with Crippen LogP contribution in [0, 0.1) is 13.8 Å². The van der Waals surface area contributed by atoms with E-state index >= 15 is 0 Å². The van der Waals surface area contributed by atoms with E-state index < -0.39 is 16.5 Å². The standard InChI is InChI=1S/C24H26.2HO3P/c1-17-16-23(24(3,4)5)18(2)15-22(17)21-13-11-20(12-14-21)19-9-7-6-8-10-19;2*1-4(2)3/h6-16H,1-5H3;2*(H-,1,2,3)/p+2. The van der Waals surface area contributed by atoms with Crippen molar-refractivity contribution < 1.29 is 28.7 Å². The maximum Gasteiger partial charge on any atom is 0.692 e. The summed E-state index contributed by atoms with van der Waals surface area (Å²) >= 11 is 0. The third-order valence-electron chi connectivity index (χ3n) is 4.68. The lowest BCUT2D eigenvalue weighted by Crippen LogP contribution is -2.13. The predicted molar refractivity (Wildman–Crippen MR) is 130 cm³/mol. The Hall–Kier alpha value is -2.30. The molecule has 3 aromatic carbocycles. The van der Waals surface area contributed by atoms with Gasteiger partial charge in [-0.3, -0.25) is 0 Å². The summed E-state index contributed by atoms with van der Waals surface area (Å²) in [5, 5.41) is 0. The molecule has 4 N–H and O–H groups in total. The highest BCUT2D eigenvalue weighted by Crippen LogP contribution is 2.33. The van der Waals surface area contributed by atoms with Crippen molar-refractivity contribution in [1.29, 1.82) is 0 Å². The van der Waals surface area contributed by atoms with Gasteiger partial charge in [-0.25, -0.2) is 0 Å². The monoisotopic (exact) mass is 476 g/mol. The summed E-state index contributed by atoms with van der Waals surface area (Å²) in [6.07, 6.45) is 0. The Labute approximate surface area is 191 Å². The molecule has 0 saturated carbocycles. The van der Waals surface area contributed by atoms with Gasteiger partial charge in [-0.2, -0.15) is 0 Å². The van der Waals surface area contributed by atoms with E-state index in [1.807, 2.05) is 0 Å². The minimum absolute atomic E-state index is 0.185. The average molecular weight is 476 g/mol. The fraction of sp³-hybridized carbons (Fsp3) is 0.250. The summed E-state index contributed by atoms with van der Waals surface area (Å²) < 4.78 is 17.4. The molecule has 8 heteroatoms. The second-order valence-corrected chi connectivity index (χ2v) is 9.19. The van der Waals surface area contributed by atoms with Crippen LogP contribution in [-0.4, -0.2) is 19.6 Å². The number of aryl methyl sites for hydroxylation is 2. The van der Waals surface area contributed by atoms with Crippen LogP contribution in [0.25, 0.3) is 22.3 Å². The average Bonchev–Trinajstić information content (AvgIpc) is 2.69. The van der Waals surface area contributed by atoms with E-state index in [4.69, 9.17) is 28.7 Å². The molecule has 0 amide bonds. The summed E-state index contributed by atoms with van der Waals surface area (Å²) in [7, 11) is -5.74. The van der Waals surface area contributed by atoms with E-state index in [0.29, 0.717) is 0 Å². The second-order valence-electron chi connectivity index (χ2n) is 8.18. The topological polar surface area (TPSA) is 115 Å². The molecule has 0 unspecified atom stereocenters. The lowest BCUT2D eigenvalue weighted by atomic mass is 9.81. The van der Waals surface area contributed by atoms with Gasteiger partial charge in [0.1, 0.15) is 0 Å². The van der Waals surface area contributed by atoms with Crippen LogP contribution in [0.2, 0.25) is 0 Å². The molecule has 0 bridgehead atoms. The Balaban J connectivity index is 0.000000554. The predicted octanol–water partition coefficient (Wildman–Crippen LogP) is 6.19. The van der Waals surface area contributed by atoms with E-state index in [-0.39, 0.29) is 5.41 Å². The first kappa shape index (κ1) is 27.7. The Morgan fingerprint density at radius 3 is 1.47 bits per heavy atom. The van der Waals surface area contributed by atoms with Gasteiger partial charge in [0.05, 0.1) is 0 Å². The van der Waals surface area contributed by atoms with Crippen LogP contribution < -0.4 is 0 Å². The molecule has 0 radical (unpaired) electrons. The van der Waals surface area contributed by atoms with E-state index in [0.717, 1.165) is 0 Å². The van der Waals surface area contributed by atoms with E-state index in [2.05, 4.69) is 101 Å². The van der Waals surface area contributed by atoms with Crippen LogP contribution in [0.15, 0.2) is 66.7 Å². The highest BCUT2D eigenvalue weighted by Gasteiger charge is 2.18. The molecule has 3 aromatic rings. The normalized spacial score (nSPS) is 10.3. The van der Waals surface area contributed by atoms with Gasteiger partial charge in [-0.1, -0.05) is 87.5 Å². The summed E-state index contributed by atoms with van der Waals surface area (Å²) in [5.74, 6) is 0. The van der Waals surface area contributed by atoms with Gasteiger partial charge in [-0.15, -0.1) is 19.6 Å². The Kier molecular flexibility index (Phi) is 11.0. The van der Waals surface area contributed by atoms with Gasteiger partial charge in [-0.05, 0) is 58.2 Å². The maximum atomic E-state index is 8.70. The molecule has 32 heavy (non-hydrogen) atoms. The van der Waals surface area contributed by atoms with Crippen LogP contribution in [-0.2, 0) is 14.5 Å². The summed E-state index contributed by atoms with van der Waals surface area (Å²) in [6, 6.07) is 24.1. The lowest BCUT2D eigenvalue weighted by molar-refractivity contribution is 0.403. The molecular formula is C24H30O6P2+2. The molecule has 3 rings (SSSR count). The van der Waals surface area contributed by atoms with Crippen LogP contribution in [0.4, 0.5) is 0 Å². The number of rotatable bonds is 2. The Bertz CT molecular complexity index is 1020. The van der Waals surface area contributed by atoms with Crippen molar-refractivity contribution in [3.63, 3.8) is 0 Å².